The smallest absolute Gasteiger partial charge is 0.266 e. The third-order valence-corrected chi connectivity index (χ3v) is 4.59. The van der Waals surface area contributed by atoms with Gasteiger partial charge in [-0.2, -0.15) is 5.26 Å². The molecule has 156 valence electrons. The van der Waals surface area contributed by atoms with E-state index < -0.39 is 5.91 Å². The Labute approximate surface area is 180 Å². The van der Waals surface area contributed by atoms with Crippen LogP contribution in [-0.2, 0) is 11.4 Å². The second-order valence-electron chi connectivity index (χ2n) is 6.76. The van der Waals surface area contributed by atoms with E-state index in [-0.39, 0.29) is 18.0 Å². The van der Waals surface area contributed by atoms with Gasteiger partial charge in [0.05, 0.1) is 7.11 Å². The molecule has 0 fully saturated rings. The predicted octanol–water partition coefficient (Wildman–Crippen LogP) is 5.27. The van der Waals surface area contributed by atoms with Crippen LogP contribution >= 0.6 is 0 Å². The molecule has 0 aliphatic carbocycles. The lowest BCUT2D eigenvalue weighted by molar-refractivity contribution is -0.112. The number of methoxy groups -OCH3 is 1. The Balaban J connectivity index is 1.86. The molecule has 3 aromatic carbocycles. The molecule has 3 aromatic rings. The molecule has 0 bridgehead atoms. The van der Waals surface area contributed by atoms with E-state index in [1.807, 2.05) is 31.2 Å². The van der Waals surface area contributed by atoms with Crippen molar-refractivity contribution in [3.05, 3.63) is 94.8 Å². The number of benzene rings is 3. The van der Waals surface area contributed by atoms with Gasteiger partial charge in [0.15, 0.2) is 0 Å². The van der Waals surface area contributed by atoms with Gasteiger partial charge in [0, 0.05) is 17.3 Å². The van der Waals surface area contributed by atoms with Gasteiger partial charge in [0.2, 0.25) is 0 Å². The lowest BCUT2D eigenvalue weighted by Crippen LogP contribution is -2.14. The molecule has 0 spiro atoms. The van der Waals surface area contributed by atoms with Crippen LogP contribution in [0.4, 0.5) is 10.1 Å². The summed E-state index contributed by atoms with van der Waals surface area (Å²) in [6, 6.07) is 20.3. The van der Waals surface area contributed by atoms with Crippen molar-refractivity contribution in [1.82, 2.24) is 0 Å². The van der Waals surface area contributed by atoms with Gasteiger partial charge in [-0.3, -0.25) is 4.79 Å². The summed E-state index contributed by atoms with van der Waals surface area (Å²) in [6.45, 7) is 2.06. The Morgan fingerprint density at radius 1 is 1.13 bits per heavy atom. The van der Waals surface area contributed by atoms with Crippen LogP contribution in [0.3, 0.4) is 0 Å². The maximum absolute atomic E-state index is 13.1. The number of carbonyl (C=O) groups is 1. The van der Waals surface area contributed by atoms with Gasteiger partial charge in [-0.25, -0.2) is 4.39 Å². The molecule has 0 radical (unpaired) electrons. The molecule has 0 aliphatic heterocycles. The van der Waals surface area contributed by atoms with E-state index in [0.717, 1.165) is 11.1 Å². The van der Waals surface area contributed by atoms with Crippen molar-refractivity contribution in [1.29, 1.82) is 5.26 Å². The summed E-state index contributed by atoms with van der Waals surface area (Å²) >= 11 is 0. The van der Waals surface area contributed by atoms with Crippen LogP contribution in [0, 0.1) is 24.1 Å². The number of anilines is 1. The summed E-state index contributed by atoms with van der Waals surface area (Å²) in [5.74, 6) is 0.151. The number of ether oxygens (including phenoxy) is 2. The van der Waals surface area contributed by atoms with Crippen molar-refractivity contribution >= 4 is 17.7 Å². The number of nitrogens with one attached hydrogen (secondary N) is 1. The molecule has 0 atom stereocenters. The second kappa shape index (κ2) is 10.1. The van der Waals surface area contributed by atoms with Gasteiger partial charge < -0.3 is 14.8 Å². The van der Waals surface area contributed by atoms with Crippen molar-refractivity contribution in [3.8, 4) is 17.6 Å². The number of nitrogens with zero attached hydrogens (tertiary/aromatic N) is 1. The lowest BCUT2D eigenvalue weighted by Gasteiger charge is -2.12. The minimum Gasteiger partial charge on any atom is -0.497 e. The number of rotatable bonds is 7. The zero-order chi connectivity index (χ0) is 22.2. The fraction of sp³-hybridized carbons (Fsp3) is 0.120. The number of hydrogen-bond donors (Lipinski definition) is 1. The van der Waals surface area contributed by atoms with Crippen molar-refractivity contribution < 1.29 is 18.7 Å². The summed E-state index contributed by atoms with van der Waals surface area (Å²) in [5.41, 5.74) is 2.77. The molecule has 6 heteroatoms. The normalized spacial score (nSPS) is 10.8. The second-order valence-corrected chi connectivity index (χ2v) is 6.76. The van der Waals surface area contributed by atoms with E-state index >= 15 is 0 Å². The van der Waals surface area contributed by atoms with Gasteiger partial charge in [-0.1, -0.05) is 30.3 Å². The predicted molar refractivity (Wildman–Crippen MR) is 117 cm³/mol. The molecule has 0 unspecified atom stereocenters. The molecular formula is C25H21FN2O3. The molecule has 0 aromatic heterocycles. The van der Waals surface area contributed by atoms with Crippen molar-refractivity contribution in [2.75, 3.05) is 12.4 Å². The highest BCUT2D eigenvalue weighted by Gasteiger charge is 2.13. The summed E-state index contributed by atoms with van der Waals surface area (Å²) in [5, 5.41) is 12.3. The number of nitriles is 1. The molecule has 1 N–H and O–H groups in total. The molecule has 0 saturated carbocycles. The SMILES string of the molecule is COc1ccc(/C=C(\C#N)C(=O)Nc2ccccc2C)c(OCc2ccc(F)cc2)c1. The Morgan fingerprint density at radius 2 is 1.87 bits per heavy atom. The molecule has 1 amide bonds. The van der Waals surface area contributed by atoms with E-state index in [1.54, 1.807) is 36.4 Å². The summed E-state index contributed by atoms with van der Waals surface area (Å²) in [6.07, 6.45) is 1.47. The molecule has 5 nitrogen and oxygen atoms in total. The average molecular weight is 416 g/mol. The first-order chi connectivity index (χ1) is 15.0. The Morgan fingerprint density at radius 3 is 2.55 bits per heavy atom. The van der Waals surface area contributed by atoms with E-state index in [4.69, 9.17) is 9.47 Å². The number of hydrogen-bond acceptors (Lipinski definition) is 4. The number of halogens is 1. The minimum atomic E-state index is -0.517. The summed E-state index contributed by atoms with van der Waals surface area (Å²) < 4.78 is 24.3. The topological polar surface area (TPSA) is 71.3 Å². The van der Waals surface area contributed by atoms with Crippen molar-refractivity contribution in [3.63, 3.8) is 0 Å². The molecule has 0 saturated heterocycles. The van der Waals surface area contributed by atoms with Crippen LogP contribution in [0.2, 0.25) is 0 Å². The first kappa shape index (κ1) is 21.6. The van der Waals surface area contributed by atoms with Crippen molar-refractivity contribution in [2.24, 2.45) is 0 Å². The molecule has 0 aliphatic rings. The molecular weight excluding hydrogens is 395 g/mol. The Kier molecular flexibility index (Phi) is 7.02. The third-order valence-electron chi connectivity index (χ3n) is 4.59. The first-order valence-electron chi connectivity index (χ1n) is 9.54. The molecule has 0 heterocycles. The summed E-state index contributed by atoms with van der Waals surface area (Å²) in [4.78, 5) is 12.6. The van der Waals surface area contributed by atoms with Crippen molar-refractivity contribution in [2.45, 2.75) is 13.5 Å². The standard InChI is InChI=1S/C25H21FN2O3/c1-17-5-3-4-6-23(17)28-25(29)20(15-27)13-19-9-12-22(30-2)14-24(19)31-16-18-7-10-21(26)11-8-18/h3-14H,16H2,1-2H3,(H,28,29)/b20-13+. The fourth-order valence-electron chi connectivity index (χ4n) is 2.83. The van der Waals surface area contributed by atoms with Gasteiger partial charge in [0.25, 0.3) is 5.91 Å². The third kappa shape index (κ3) is 5.71. The van der Waals surface area contributed by atoms with Crippen LogP contribution in [0.15, 0.2) is 72.3 Å². The van der Waals surface area contributed by atoms with E-state index in [9.17, 15) is 14.4 Å². The van der Waals surface area contributed by atoms with Gasteiger partial charge in [0.1, 0.15) is 35.6 Å². The first-order valence-corrected chi connectivity index (χ1v) is 9.54. The maximum Gasteiger partial charge on any atom is 0.266 e. The number of carbonyl (C=O) groups excluding carboxylic acids is 1. The average Bonchev–Trinajstić information content (AvgIpc) is 2.79. The molecule has 31 heavy (non-hydrogen) atoms. The minimum absolute atomic E-state index is 0.0694. The summed E-state index contributed by atoms with van der Waals surface area (Å²) in [7, 11) is 1.53. The maximum atomic E-state index is 13.1. The van der Waals surface area contributed by atoms with E-state index in [1.165, 1.54) is 25.3 Å². The Bertz CT molecular complexity index is 1150. The molecule has 3 rings (SSSR count). The fourth-order valence-corrected chi connectivity index (χ4v) is 2.83. The van der Waals surface area contributed by atoms with Gasteiger partial charge in [-0.15, -0.1) is 0 Å². The monoisotopic (exact) mass is 416 g/mol. The van der Waals surface area contributed by atoms with Gasteiger partial charge >= 0.3 is 0 Å². The van der Waals surface area contributed by atoms with Gasteiger partial charge in [-0.05, 0) is 54.5 Å². The lowest BCUT2D eigenvalue weighted by atomic mass is 10.1. The van der Waals surface area contributed by atoms with Crippen LogP contribution in [0.1, 0.15) is 16.7 Å². The van der Waals surface area contributed by atoms with Crippen LogP contribution in [0.5, 0.6) is 11.5 Å². The van der Waals surface area contributed by atoms with Crippen LogP contribution < -0.4 is 14.8 Å². The highest BCUT2D eigenvalue weighted by molar-refractivity contribution is 6.10. The number of amides is 1. The highest BCUT2D eigenvalue weighted by atomic mass is 19.1. The highest BCUT2D eigenvalue weighted by Crippen LogP contribution is 2.28. The van der Waals surface area contributed by atoms with E-state index in [0.29, 0.717) is 22.7 Å². The van der Waals surface area contributed by atoms with Crippen LogP contribution in [-0.4, -0.2) is 13.0 Å². The number of aryl methyl sites for hydroxylation is 1. The quantitative estimate of drug-likeness (QED) is 0.421. The number of para-hydroxylation sites is 1. The Hall–Kier alpha value is -4.11. The largest absolute Gasteiger partial charge is 0.497 e. The van der Waals surface area contributed by atoms with Crippen LogP contribution in [0.25, 0.3) is 6.08 Å². The zero-order valence-corrected chi connectivity index (χ0v) is 17.2. The van der Waals surface area contributed by atoms with E-state index in [2.05, 4.69) is 5.32 Å². The zero-order valence-electron chi connectivity index (χ0n) is 17.2.